The molecule has 1 amide bonds. The van der Waals surface area contributed by atoms with Crippen molar-refractivity contribution in [3.63, 3.8) is 0 Å². The van der Waals surface area contributed by atoms with E-state index in [9.17, 15) is 18.4 Å². The van der Waals surface area contributed by atoms with Gasteiger partial charge in [0, 0.05) is 75.1 Å². The van der Waals surface area contributed by atoms with E-state index in [0.29, 0.717) is 39.1 Å². The number of piperidine rings is 1. The first kappa shape index (κ1) is 28.7. The molecule has 216 valence electrons. The third-order valence-corrected chi connectivity index (χ3v) is 7.92. The fourth-order valence-corrected chi connectivity index (χ4v) is 5.87. The van der Waals surface area contributed by atoms with E-state index in [-0.39, 0.29) is 40.7 Å². The number of aryl methyl sites for hydroxylation is 1. The number of halogens is 2. The molecule has 0 radical (unpaired) electrons. The van der Waals surface area contributed by atoms with Crippen LogP contribution in [0.4, 0.5) is 8.78 Å². The van der Waals surface area contributed by atoms with Crippen molar-refractivity contribution in [2.75, 3.05) is 26.8 Å². The van der Waals surface area contributed by atoms with Gasteiger partial charge in [0.25, 0.3) is 0 Å². The van der Waals surface area contributed by atoms with Crippen LogP contribution in [0.25, 0.3) is 22.0 Å². The second-order valence-electron chi connectivity index (χ2n) is 10.8. The molecule has 2 aromatic heterocycles. The summed E-state index contributed by atoms with van der Waals surface area (Å²) in [6.07, 6.45) is 4.76. The van der Waals surface area contributed by atoms with Gasteiger partial charge in [0.1, 0.15) is 11.6 Å². The number of H-pyrrole nitrogens is 1. The molecule has 4 aromatic rings. The first-order valence-electron chi connectivity index (χ1n) is 14.1. The van der Waals surface area contributed by atoms with Crippen LogP contribution in [0.5, 0.6) is 0 Å². The number of aromatic nitrogens is 2. The van der Waals surface area contributed by atoms with Crippen LogP contribution in [0.15, 0.2) is 65.6 Å². The predicted molar refractivity (Wildman–Crippen MR) is 156 cm³/mol. The van der Waals surface area contributed by atoms with Crippen LogP contribution >= 0.6 is 0 Å². The van der Waals surface area contributed by atoms with Gasteiger partial charge in [-0.15, -0.1) is 0 Å². The Kier molecular flexibility index (Phi) is 8.95. The summed E-state index contributed by atoms with van der Waals surface area (Å²) in [6.45, 7) is 2.15. The van der Waals surface area contributed by atoms with Crippen LogP contribution in [-0.2, 0) is 22.5 Å². The lowest BCUT2D eigenvalue weighted by atomic mass is 9.93. The Morgan fingerprint density at radius 3 is 2.59 bits per heavy atom. The molecule has 1 fully saturated rings. The summed E-state index contributed by atoms with van der Waals surface area (Å²) >= 11 is 0. The molecule has 3 N–H and O–H groups in total. The molecule has 1 aliphatic rings. The lowest BCUT2D eigenvalue weighted by molar-refractivity contribution is -0.132. The van der Waals surface area contributed by atoms with Gasteiger partial charge in [0.15, 0.2) is 0 Å². The zero-order valence-corrected chi connectivity index (χ0v) is 23.2. The Bertz CT molecular complexity index is 1540. The monoisotopic (exact) mass is 562 g/mol. The zero-order valence-electron chi connectivity index (χ0n) is 23.2. The van der Waals surface area contributed by atoms with Crippen molar-refractivity contribution in [1.82, 2.24) is 14.5 Å². The molecule has 1 unspecified atom stereocenters. The Balaban J connectivity index is 1.25. The number of pyridine rings is 1. The minimum atomic E-state index is -0.452. The quantitative estimate of drug-likeness (QED) is 0.267. The first-order chi connectivity index (χ1) is 19.8. The molecule has 1 aliphatic heterocycles. The van der Waals surface area contributed by atoms with Crippen molar-refractivity contribution < 1.29 is 18.3 Å². The van der Waals surface area contributed by atoms with Gasteiger partial charge in [-0.05, 0) is 66.6 Å². The summed E-state index contributed by atoms with van der Waals surface area (Å²) in [6, 6.07) is 14.9. The Morgan fingerprint density at radius 1 is 1.10 bits per heavy atom. The highest BCUT2D eigenvalue weighted by molar-refractivity contribution is 5.83. The van der Waals surface area contributed by atoms with Gasteiger partial charge < -0.3 is 24.9 Å². The fourth-order valence-electron chi connectivity index (χ4n) is 5.87. The number of hydrogen-bond donors (Lipinski definition) is 2. The maximum absolute atomic E-state index is 14.9. The number of fused-ring (bicyclic) bond motifs is 1. The fraction of sp³-hybridized carbons (Fsp3) is 0.375. The minimum Gasteiger partial charge on any atom is -0.385 e. The highest BCUT2D eigenvalue weighted by Crippen LogP contribution is 2.34. The number of benzene rings is 2. The molecule has 2 aromatic carbocycles. The van der Waals surface area contributed by atoms with E-state index in [1.54, 1.807) is 25.4 Å². The average molecular weight is 563 g/mol. The number of aromatic amines is 1. The van der Waals surface area contributed by atoms with E-state index >= 15 is 0 Å². The van der Waals surface area contributed by atoms with Gasteiger partial charge in [-0.2, -0.15) is 0 Å². The van der Waals surface area contributed by atoms with E-state index in [1.807, 2.05) is 33.7 Å². The molecule has 3 heterocycles. The number of nitrogens with one attached hydrogen (secondary N) is 1. The van der Waals surface area contributed by atoms with Crippen LogP contribution in [-0.4, -0.2) is 53.2 Å². The van der Waals surface area contributed by atoms with Crippen LogP contribution in [0.3, 0.4) is 0 Å². The van der Waals surface area contributed by atoms with Crippen molar-refractivity contribution in [3.05, 3.63) is 94.0 Å². The first-order valence-corrected chi connectivity index (χ1v) is 14.1. The molecular weight excluding hydrogens is 526 g/mol. The van der Waals surface area contributed by atoms with E-state index in [1.165, 1.54) is 12.1 Å². The highest BCUT2D eigenvalue weighted by Gasteiger charge is 2.29. The topological polar surface area (TPSA) is 93.3 Å². The number of amides is 1. The van der Waals surface area contributed by atoms with E-state index in [0.717, 1.165) is 41.3 Å². The number of rotatable bonds is 10. The van der Waals surface area contributed by atoms with E-state index < -0.39 is 11.6 Å². The number of nitrogens with zero attached hydrogens (tertiary/aromatic N) is 2. The van der Waals surface area contributed by atoms with Crippen molar-refractivity contribution >= 4 is 16.8 Å². The maximum atomic E-state index is 14.9. The van der Waals surface area contributed by atoms with E-state index in [2.05, 4.69) is 4.98 Å². The normalized spacial score (nSPS) is 16.3. The molecule has 5 rings (SSSR count). The molecule has 0 bridgehead atoms. The van der Waals surface area contributed by atoms with Gasteiger partial charge in [0.2, 0.25) is 11.5 Å². The number of nitrogens with two attached hydrogens (primary N) is 1. The summed E-state index contributed by atoms with van der Waals surface area (Å²) in [5.41, 5.74) is 10.3. The van der Waals surface area contributed by atoms with Gasteiger partial charge in [-0.1, -0.05) is 24.3 Å². The molecule has 0 aliphatic carbocycles. The minimum absolute atomic E-state index is 0.00790. The molecule has 1 saturated heterocycles. The number of methoxy groups -OCH3 is 1. The third-order valence-electron chi connectivity index (χ3n) is 7.92. The molecular formula is C32H36F2N4O3. The van der Waals surface area contributed by atoms with Crippen molar-refractivity contribution in [2.45, 2.75) is 50.6 Å². The number of carbonyl (C=O) groups excluding carboxylic acids is 1. The SMILES string of the molecule is COCCCn1c(C2CCCN(C(=O)C[C@H](N)Cc3ccc(-c4ccc(=O)[nH]c4)cc3)C2)cc2c(F)ccc(F)c21. The van der Waals surface area contributed by atoms with Gasteiger partial charge in [-0.3, -0.25) is 9.59 Å². The molecule has 9 heteroatoms. The van der Waals surface area contributed by atoms with Gasteiger partial charge in [0.05, 0.1) is 5.52 Å². The Morgan fingerprint density at radius 2 is 1.85 bits per heavy atom. The summed E-state index contributed by atoms with van der Waals surface area (Å²) in [5.74, 6) is -0.939. The second kappa shape index (κ2) is 12.8. The van der Waals surface area contributed by atoms with Crippen molar-refractivity contribution in [2.24, 2.45) is 5.73 Å². The Labute approximate surface area is 237 Å². The molecule has 0 spiro atoms. The molecule has 41 heavy (non-hydrogen) atoms. The van der Waals surface area contributed by atoms with Crippen molar-refractivity contribution in [3.8, 4) is 11.1 Å². The molecule has 7 nitrogen and oxygen atoms in total. The Hall–Kier alpha value is -3.82. The van der Waals surface area contributed by atoms with Gasteiger partial charge in [-0.25, -0.2) is 8.78 Å². The molecule has 0 saturated carbocycles. The lowest BCUT2D eigenvalue weighted by Crippen LogP contribution is -2.42. The van der Waals surface area contributed by atoms with Crippen LogP contribution < -0.4 is 11.3 Å². The standard InChI is InChI=1S/C32H36F2N4O3/c1-41-15-3-14-38-29(18-26-27(33)10-11-28(34)32(26)38)24-4-2-13-37(20-24)31(40)17-25(35)16-21-5-7-22(8-6-21)23-9-12-30(39)36-19-23/h5-12,18-19,24-25H,2-4,13-17,20,35H2,1H3,(H,36,39)/t24?,25-/m1/s1. The number of ether oxygens (including phenoxy) is 1. The summed E-state index contributed by atoms with van der Waals surface area (Å²) < 4.78 is 36.6. The lowest BCUT2D eigenvalue weighted by Gasteiger charge is -2.34. The maximum Gasteiger partial charge on any atom is 0.247 e. The second-order valence-corrected chi connectivity index (χ2v) is 10.8. The van der Waals surface area contributed by atoms with E-state index in [4.69, 9.17) is 10.5 Å². The van der Waals surface area contributed by atoms with Crippen molar-refractivity contribution in [1.29, 1.82) is 0 Å². The summed E-state index contributed by atoms with van der Waals surface area (Å²) in [5, 5.41) is 0.273. The highest BCUT2D eigenvalue weighted by atomic mass is 19.1. The van der Waals surface area contributed by atoms with Crippen LogP contribution in [0.2, 0.25) is 0 Å². The largest absolute Gasteiger partial charge is 0.385 e. The van der Waals surface area contributed by atoms with Gasteiger partial charge >= 0.3 is 0 Å². The number of likely N-dealkylation sites (tertiary alicyclic amines) is 1. The number of carbonyl (C=O) groups is 1. The average Bonchev–Trinajstić information content (AvgIpc) is 3.37. The van der Waals surface area contributed by atoms with Crippen LogP contribution in [0, 0.1) is 11.6 Å². The predicted octanol–water partition coefficient (Wildman–Crippen LogP) is 4.98. The third kappa shape index (κ3) is 6.57. The number of hydrogen-bond acceptors (Lipinski definition) is 4. The zero-order chi connectivity index (χ0) is 28.9. The summed E-state index contributed by atoms with van der Waals surface area (Å²) in [7, 11) is 1.62. The smallest absolute Gasteiger partial charge is 0.247 e. The summed E-state index contributed by atoms with van der Waals surface area (Å²) in [4.78, 5) is 29.1. The van der Waals surface area contributed by atoms with Crippen LogP contribution in [0.1, 0.15) is 42.9 Å². The molecule has 2 atom stereocenters.